The maximum Gasteiger partial charge on any atom is 0.164 e. The van der Waals surface area contributed by atoms with Crippen molar-refractivity contribution in [2.75, 3.05) is 32.0 Å². The minimum Gasteiger partial charge on any atom is -0.492 e. The van der Waals surface area contributed by atoms with Crippen LogP contribution in [0.5, 0.6) is 5.75 Å². The van der Waals surface area contributed by atoms with Crippen LogP contribution in [0.15, 0.2) is 65.7 Å². The molecule has 5 heteroatoms. The number of hydrogen-bond donors (Lipinski definition) is 1. The van der Waals surface area contributed by atoms with Crippen LogP contribution in [-0.2, 0) is 0 Å². The molecule has 1 aromatic heterocycles. The van der Waals surface area contributed by atoms with Crippen molar-refractivity contribution in [1.29, 1.82) is 0 Å². The van der Waals surface area contributed by atoms with Gasteiger partial charge in [-0.05, 0) is 77.0 Å². The third-order valence-electron chi connectivity index (χ3n) is 6.80. The average molecular weight is 443 g/mol. The van der Waals surface area contributed by atoms with Gasteiger partial charge in [-0.15, -0.1) is 11.8 Å². The second kappa shape index (κ2) is 8.30. The Kier molecular flexibility index (Phi) is 5.16. The van der Waals surface area contributed by atoms with Crippen molar-refractivity contribution >= 4 is 39.2 Å². The Labute approximate surface area is 191 Å². The second-order valence-corrected chi connectivity index (χ2v) is 9.98. The standard InChI is InChI=1S/C27H26N2O2S/c30-25(21-2-1-19-15-26-27(16-23(19)14-21)32-12-11-31-26)7-10-29-9-6-22(17-29)18-3-4-24-20(13-18)5-8-28-24/h1-5,8,13-16,22,28H,6-7,9-12,17H2. The summed E-state index contributed by atoms with van der Waals surface area (Å²) in [6.45, 7) is 3.68. The van der Waals surface area contributed by atoms with Crippen LogP contribution in [0.4, 0.5) is 0 Å². The third-order valence-corrected chi connectivity index (χ3v) is 7.80. The van der Waals surface area contributed by atoms with Crippen LogP contribution in [0.25, 0.3) is 21.7 Å². The van der Waals surface area contributed by atoms with Crippen molar-refractivity contribution in [3.8, 4) is 5.75 Å². The summed E-state index contributed by atoms with van der Waals surface area (Å²) in [5.74, 6) is 2.72. The Morgan fingerprint density at radius 2 is 2.03 bits per heavy atom. The molecule has 4 nitrogen and oxygen atoms in total. The number of likely N-dealkylation sites (tertiary alicyclic amines) is 1. The van der Waals surface area contributed by atoms with E-state index in [4.69, 9.17) is 4.74 Å². The highest BCUT2D eigenvalue weighted by Crippen LogP contribution is 2.37. The molecule has 1 unspecified atom stereocenters. The summed E-state index contributed by atoms with van der Waals surface area (Å²) in [5, 5.41) is 3.53. The molecule has 1 fully saturated rings. The first-order chi connectivity index (χ1) is 15.7. The number of Topliss-reactive ketones (excluding diaryl/α,β-unsaturated/α-hetero) is 1. The molecule has 3 heterocycles. The van der Waals surface area contributed by atoms with E-state index in [2.05, 4.69) is 52.3 Å². The van der Waals surface area contributed by atoms with Crippen LogP contribution >= 0.6 is 11.8 Å². The van der Waals surface area contributed by atoms with E-state index in [9.17, 15) is 4.79 Å². The normalized spacial score (nSPS) is 18.7. The van der Waals surface area contributed by atoms with Gasteiger partial charge < -0.3 is 14.6 Å². The van der Waals surface area contributed by atoms with E-state index in [0.717, 1.165) is 60.5 Å². The van der Waals surface area contributed by atoms with Gasteiger partial charge in [0.05, 0.1) is 11.5 Å². The maximum atomic E-state index is 12.9. The van der Waals surface area contributed by atoms with E-state index < -0.39 is 0 Å². The highest BCUT2D eigenvalue weighted by Gasteiger charge is 2.24. The third kappa shape index (κ3) is 3.80. The van der Waals surface area contributed by atoms with Gasteiger partial charge in [0.1, 0.15) is 5.75 Å². The van der Waals surface area contributed by atoms with Crippen molar-refractivity contribution in [3.05, 3.63) is 71.9 Å². The highest BCUT2D eigenvalue weighted by atomic mass is 32.2. The number of aromatic nitrogens is 1. The van der Waals surface area contributed by atoms with E-state index >= 15 is 0 Å². The summed E-state index contributed by atoms with van der Waals surface area (Å²) in [7, 11) is 0. The lowest BCUT2D eigenvalue weighted by Gasteiger charge is -2.18. The number of hydrogen-bond acceptors (Lipinski definition) is 4. The van der Waals surface area contributed by atoms with Gasteiger partial charge in [0, 0.05) is 42.5 Å². The molecule has 2 aliphatic rings. The smallest absolute Gasteiger partial charge is 0.164 e. The zero-order valence-electron chi connectivity index (χ0n) is 18.0. The minimum atomic E-state index is 0.228. The van der Waals surface area contributed by atoms with E-state index in [0.29, 0.717) is 12.3 Å². The topological polar surface area (TPSA) is 45.3 Å². The van der Waals surface area contributed by atoms with Gasteiger partial charge in [-0.1, -0.05) is 18.2 Å². The summed E-state index contributed by atoms with van der Waals surface area (Å²) in [6, 6.07) is 19.2. The van der Waals surface area contributed by atoms with Crippen LogP contribution in [0, 0.1) is 0 Å². The second-order valence-electron chi connectivity index (χ2n) is 8.84. The molecule has 0 aliphatic carbocycles. The molecule has 0 saturated carbocycles. The number of nitrogens with zero attached hydrogens (tertiary/aromatic N) is 1. The fraction of sp³-hybridized carbons (Fsp3) is 0.296. The number of benzene rings is 3. The monoisotopic (exact) mass is 442 g/mol. The summed E-state index contributed by atoms with van der Waals surface area (Å²) in [6.07, 6.45) is 3.72. The van der Waals surface area contributed by atoms with Gasteiger partial charge in [0.15, 0.2) is 5.78 Å². The molecule has 32 heavy (non-hydrogen) atoms. The van der Waals surface area contributed by atoms with Crippen molar-refractivity contribution in [1.82, 2.24) is 9.88 Å². The molecule has 0 amide bonds. The number of fused-ring (bicyclic) bond motifs is 3. The van der Waals surface area contributed by atoms with Gasteiger partial charge in [-0.2, -0.15) is 0 Å². The fourth-order valence-electron chi connectivity index (χ4n) is 5.00. The molecule has 1 atom stereocenters. The van der Waals surface area contributed by atoms with Crippen LogP contribution in [0.1, 0.15) is 34.7 Å². The summed E-state index contributed by atoms with van der Waals surface area (Å²) < 4.78 is 5.77. The Morgan fingerprint density at radius 3 is 3.00 bits per heavy atom. The lowest BCUT2D eigenvalue weighted by molar-refractivity contribution is 0.0969. The van der Waals surface area contributed by atoms with Gasteiger partial charge in [-0.25, -0.2) is 0 Å². The van der Waals surface area contributed by atoms with Crippen molar-refractivity contribution < 1.29 is 9.53 Å². The van der Waals surface area contributed by atoms with Gasteiger partial charge in [0.25, 0.3) is 0 Å². The molecular weight excluding hydrogens is 416 g/mol. The Morgan fingerprint density at radius 1 is 1.06 bits per heavy atom. The predicted octanol–water partition coefficient (Wildman–Crippen LogP) is 5.87. The minimum absolute atomic E-state index is 0.228. The van der Waals surface area contributed by atoms with E-state index in [1.54, 1.807) is 0 Å². The number of ketones is 1. The molecule has 0 spiro atoms. The van der Waals surface area contributed by atoms with Crippen LogP contribution in [-0.4, -0.2) is 47.7 Å². The van der Waals surface area contributed by atoms with Crippen LogP contribution in [0.3, 0.4) is 0 Å². The Hall–Kier alpha value is -2.76. The molecule has 3 aromatic carbocycles. The van der Waals surface area contributed by atoms with E-state index in [1.807, 2.05) is 30.1 Å². The van der Waals surface area contributed by atoms with Gasteiger partial charge in [-0.3, -0.25) is 4.79 Å². The first kappa shape index (κ1) is 19.9. The molecule has 4 aromatic rings. The van der Waals surface area contributed by atoms with Crippen molar-refractivity contribution in [2.24, 2.45) is 0 Å². The first-order valence-electron chi connectivity index (χ1n) is 11.4. The quantitative estimate of drug-likeness (QED) is 0.393. The first-order valence-corrected chi connectivity index (χ1v) is 12.4. The van der Waals surface area contributed by atoms with Crippen molar-refractivity contribution in [2.45, 2.75) is 23.7 Å². The number of carbonyl (C=O) groups excluding carboxylic acids is 1. The zero-order chi connectivity index (χ0) is 21.5. The van der Waals surface area contributed by atoms with Crippen LogP contribution in [0.2, 0.25) is 0 Å². The Bertz CT molecular complexity index is 1310. The molecule has 1 N–H and O–H groups in total. The molecule has 6 rings (SSSR count). The molecular formula is C27H26N2O2S. The number of thioether (sulfide) groups is 1. The average Bonchev–Trinajstić information content (AvgIpc) is 3.50. The predicted molar refractivity (Wildman–Crippen MR) is 131 cm³/mol. The van der Waals surface area contributed by atoms with Crippen molar-refractivity contribution in [3.63, 3.8) is 0 Å². The van der Waals surface area contributed by atoms with Crippen LogP contribution < -0.4 is 4.74 Å². The fourth-order valence-corrected chi connectivity index (χ4v) is 5.85. The largest absolute Gasteiger partial charge is 0.492 e. The Balaban J connectivity index is 1.10. The lowest BCUT2D eigenvalue weighted by Crippen LogP contribution is -2.23. The molecule has 2 aliphatic heterocycles. The highest BCUT2D eigenvalue weighted by molar-refractivity contribution is 7.99. The molecule has 0 bridgehead atoms. The summed E-state index contributed by atoms with van der Waals surface area (Å²) in [4.78, 5) is 19.8. The van der Waals surface area contributed by atoms with E-state index in [-0.39, 0.29) is 5.78 Å². The SMILES string of the molecule is O=C(CCN1CCC(c2ccc3[nH]ccc3c2)C1)c1ccc2cc3c(cc2c1)SCCO3. The number of carbonyl (C=O) groups is 1. The number of rotatable bonds is 5. The molecule has 1 saturated heterocycles. The lowest BCUT2D eigenvalue weighted by atomic mass is 9.97. The summed E-state index contributed by atoms with van der Waals surface area (Å²) in [5.41, 5.74) is 3.41. The number of nitrogens with one attached hydrogen (secondary N) is 1. The molecule has 162 valence electrons. The number of H-pyrrole nitrogens is 1. The van der Waals surface area contributed by atoms with Gasteiger partial charge in [0.2, 0.25) is 0 Å². The summed E-state index contributed by atoms with van der Waals surface area (Å²) >= 11 is 1.83. The number of ether oxygens (including phenoxy) is 1. The zero-order valence-corrected chi connectivity index (χ0v) is 18.8. The number of aromatic amines is 1. The molecule has 0 radical (unpaired) electrons. The van der Waals surface area contributed by atoms with Gasteiger partial charge >= 0.3 is 0 Å². The maximum absolute atomic E-state index is 12.9. The van der Waals surface area contributed by atoms with E-state index in [1.165, 1.54) is 21.4 Å².